The van der Waals surface area contributed by atoms with Crippen LogP contribution in [0.3, 0.4) is 0 Å². The summed E-state index contributed by atoms with van der Waals surface area (Å²) in [6.07, 6.45) is 1.57. The second-order valence-electron chi connectivity index (χ2n) is 4.93. The Balaban J connectivity index is 2.29. The lowest BCUT2D eigenvalue weighted by molar-refractivity contribution is 0.110. The van der Waals surface area contributed by atoms with Crippen molar-refractivity contribution < 1.29 is 4.74 Å². The fourth-order valence-electron chi connectivity index (χ4n) is 1.55. The third-order valence-electron chi connectivity index (χ3n) is 2.33. The van der Waals surface area contributed by atoms with Gasteiger partial charge in [-0.05, 0) is 27.2 Å². The Bertz CT molecular complexity index is 231. The van der Waals surface area contributed by atoms with Gasteiger partial charge in [0.2, 0.25) is 0 Å². The van der Waals surface area contributed by atoms with E-state index in [1.807, 2.05) is 0 Å². The fraction of sp³-hybridized carbons (Fsp3) is 0.833. The largest absolute Gasteiger partial charge is 0.380 e. The van der Waals surface area contributed by atoms with E-state index in [4.69, 9.17) is 4.74 Å². The SMILES string of the molecule is CO[C@H]1CCN(CC#CC(C)(C)C)C1. The molecule has 80 valence electrons. The number of ether oxygens (including phenoxy) is 1. The summed E-state index contributed by atoms with van der Waals surface area (Å²) in [5.74, 6) is 6.48. The fourth-order valence-corrected chi connectivity index (χ4v) is 1.55. The second kappa shape index (κ2) is 4.82. The van der Waals surface area contributed by atoms with Crippen LogP contribution in [-0.2, 0) is 4.74 Å². The minimum Gasteiger partial charge on any atom is -0.380 e. The van der Waals surface area contributed by atoms with E-state index >= 15 is 0 Å². The first kappa shape index (κ1) is 11.6. The molecule has 0 aromatic rings. The van der Waals surface area contributed by atoms with Crippen molar-refractivity contribution >= 4 is 0 Å². The van der Waals surface area contributed by atoms with Crippen molar-refractivity contribution in [3.8, 4) is 11.8 Å². The van der Waals surface area contributed by atoms with Crippen molar-refractivity contribution in [2.24, 2.45) is 5.41 Å². The van der Waals surface area contributed by atoms with E-state index in [1.165, 1.54) is 0 Å². The molecule has 14 heavy (non-hydrogen) atoms. The van der Waals surface area contributed by atoms with Crippen LogP contribution in [0.25, 0.3) is 0 Å². The van der Waals surface area contributed by atoms with Gasteiger partial charge in [0.25, 0.3) is 0 Å². The lowest BCUT2D eigenvalue weighted by atomic mass is 9.98. The zero-order chi connectivity index (χ0) is 10.6. The predicted molar refractivity (Wildman–Crippen MR) is 59.1 cm³/mol. The summed E-state index contributed by atoms with van der Waals surface area (Å²) in [6.45, 7) is 9.47. The summed E-state index contributed by atoms with van der Waals surface area (Å²) in [7, 11) is 1.79. The van der Waals surface area contributed by atoms with Gasteiger partial charge in [0.1, 0.15) is 0 Å². The summed E-state index contributed by atoms with van der Waals surface area (Å²) in [5.41, 5.74) is 0.125. The topological polar surface area (TPSA) is 12.5 Å². The Morgan fingerprint density at radius 2 is 2.14 bits per heavy atom. The number of likely N-dealkylation sites (tertiary alicyclic amines) is 1. The summed E-state index contributed by atoms with van der Waals surface area (Å²) in [4.78, 5) is 2.35. The van der Waals surface area contributed by atoms with Crippen molar-refractivity contribution in [3.63, 3.8) is 0 Å². The molecular weight excluding hydrogens is 174 g/mol. The highest BCUT2D eigenvalue weighted by Crippen LogP contribution is 2.12. The van der Waals surface area contributed by atoms with E-state index in [1.54, 1.807) is 7.11 Å². The second-order valence-corrected chi connectivity index (χ2v) is 4.93. The van der Waals surface area contributed by atoms with Crippen molar-refractivity contribution in [1.82, 2.24) is 4.90 Å². The molecule has 0 N–H and O–H groups in total. The molecule has 1 aliphatic heterocycles. The molecule has 1 atom stereocenters. The molecule has 0 aliphatic carbocycles. The quantitative estimate of drug-likeness (QED) is 0.622. The predicted octanol–water partition coefficient (Wildman–Crippen LogP) is 1.76. The maximum Gasteiger partial charge on any atom is 0.0710 e. The molecule has 2 heteroatoms. The van der Waals surface area contributed by atoms with Crippen molar-refractivity contribution in [1.29, 1.82) is 0 Å². The Hall–Kier alpha value is -0.520. The van der Waals surface area contributed by atoms with Gasteiger partial charge < -0.3 is 4.74 Å². The van der Waals surface area contributed by atoms with E-state index in [-0.39, 0.29) is 5.41 Å². The zero-order valence-corrected chi connectivity index (χ0v) is 9.76. The van der Waals surface area contributed by atoms with Crippen LogP contribution in [0.5, 0.6) is 0 Å². The highest BCUT2D eigenvalue weighted by Gasteiger charge is 2.20. The minimum absolute atomic E-state index is 0.125. The van der Waals surface area contributed by atoms with Crippen molar-refractivity contribution in [2.75, 3.05) is 26.7 Å². The molecule has 0 bridgehead atoms. The van der Waals surface area contributed by atoms with Crippen LogP contribution in [0.15, 0.2) is 0 Å². The maximum absolute atomic E-state index is 5.30. The normalized spacial score (nSPS) is 23.3. The Kier molecular flexibility index (Phi) is 3.97. The van der Waals surface area contributed by atoms with Crippen LogP contribution >= 0.6 is 0 Å². The molecule has 1 fully saturated rings. The number of hydrogen-bond acceptors (Lipinski definition) is 2. The lowest BCUT2D eigenvalue weighted by Crippen LogP contribution is -2.23. The van der Waals surface area contributed by atoms with Crippen LogP contribution < -0.4 is 0 Å². The van der Waals surface area contributed by atoms with Gasteiger partial charge in [0.15, 0.2) is 0 Å². The van der Waals surface area contributed by atoms with Gasteiger partial charge in [-0.3, -0.25) is 4.90 Å². The molecule has 0 amide bonds. The van der Waals surface area contributed by atoms with Gasteiger partial charge in [-0.1, -0.05) is 11.8 Å². The van der Waals surface area contributed by atoms with Gasteiger partial charge >= 0.3 is 0 Å². The molecule has 0 spiro atoms. The Morgan fingerprint density at radius 1 is 1.43 bits per heavy atom. The van der Waals surface area contributed by atoms with E-state index in [0.717, 1.165) is 26.1 Å². The Labute approximate surface area is 87.6 Å². The molecule has 0 unspecified atom stereocenters. The molecule has 2 nitrogen and oxygen atoms in total. The Morgan fingerprint density at radius 3 is 2.64 bits per heavy atom. The first-order valence-electron chi connectivity index (χ1n) is 5.26. The van der Waals surface area contributed by atoms with Gasteiger partial charge in [-0.25, -0.2) is 0 Å². The van der Waals surface area contributed by atoms with Crippen LogP contribution in [0.1, 0.15) is 27.2 Å². The minimum atomic E-state index is 0.125. The molecule has 1 saturated heterocycles. The monoisotopic (exact) mass is 195 g/mol. The molecule has 1 aliphatic rings. The molecule has 0 aromatic carbocycles. The highest BCUT2D eigenvalue weighted by atomic mass is 16.5. The van der Waals surface area contributed by atoms with Gasteiger partial charge in [0.05, 0.1) is 12.6 Å². The third kappa shape index (κ3) is 4.13. The average Bonchev–Trinajstić information content (AvgIpc) is 2.50. The summed E-state index contributed by atoms with van der Waals surface area (Å²) < 4.78 is 5.30. The van der Waals surface area contributed by atoms with Gasteiger partial charge in [0, 0.05) is 25.6 Å². The van der Waals surface area contributed by atoms with Crippen LogP contribution in [0, 0.1) is 17.3 Å². The first-order chi connectivity index (χ1) is 6.51. The molecule has 1 heterocycles. The zero-order valence-electron chi connectivity index (χ0n) is 9.76. The first-order valence-corrected chi connectivity index (χ1v) is 5.26. The van der Waals surface area contributed by atoms with Crippen LogP contribution in [0.4, 0.5) is 0 Å². The van der Waals surface area contributed by atoms with E-state index in [2.05, 4.69) is 37.5 Å². The van der Waals surface area contributed by atoms with Crippen LogP contribution in [0.2, 0.25) is 0 Å². The van der Waals surface area contributed by atoms with E-state index < -0.39 is 0 Å². The summed E-state index contributed by atoms with van der Waals surface area (Å²) >= 11 is 0. The van der Waals surface area contributed by atoms with E-state index in [0.29, 0.717) is 6.10 Å². The average molecular weight is 195 g/mol. The van der Waals surface area contributed by atoms with Crippen LogP contribution in [-0.4, -0.2) is 37.7 Å². The summed E-state index contributed by atoms with van der Waals surface area (Å²) in [6, 6.07) is 0. The van der Waals surface area contributed by atoms with Crippen molar-refractivity contribution in [3.05, 3.63) is 0 Å². The number of rotatable bonds is 2. The van der Waals surface area contributed by atoms with E-state index in [9.17, 15) is 0 Å². The number of nitrogens with zero attached hydrogens (tertiary/aromatic N) is 1. The third-order valence-corrected chi connectivity index (χ3v) is 2.33. The summed E-state index contributed by atoms with van der Waals surface area (Å²) in [5, 5.41) is 0. The molecule has 0 aromatic heterocycles. The number of hydrogen-bond donors (Lipinski definition) is 0. The lowest BCUT2D eigenvalue weighted by Gasteiger charge is -2.12. The number of methoxy groups -OCH3 is 1. The smallest absolute Gasteiger partial charge is 0.0710 e. The molecule has 0 saturated carbocycles. The molecule has 1 rings (SSSR count). The van der Waals surface area contributed by atoms with Crippen molar-refractivity contribution in [2.45, 2.75) is 33.3 Å². The molecule has 0 radical (unpaired) electrons. The maximum atomic E-state index is 5.30. The van der Waals surface area contributed by atoms with Gasteiger partial charge in [-0.15, -0.1) is 0 Å². The standard InChI is InChI=1S/C12H21NO/c1-12(2,3)7-5-8-13-9-6-11(10-13)14-4/h11H,6,8-10H2,1-4H3/t11-/m0/s1. The highest BCUT2D eigenvalue weighted by molar-refractivity contribution is 5.09. The van der Waals surface area contributed by atoms with Gasteiger partial charge in [-0.2, -0.15) is 0 Å². The molecular formula is C12H21NO.